The molecule has 0 spiro atoms. The van der Waals surface area contributed by atoms with E-state index in [2.05, 4.69) is 20.2 Å². The van der Waals surface area contributed by atoms with Gasteiger partial charge in [-0.2, -0.15) is 0 Å². The van der Waals surface area contributed by atoms with Crippen LogP contribution in [0.2, 0.25) is 10.0 Å². The summed E-state index contributed by atoms with van der Waals surface area (Å²) in [6.07, 6.45) is 0. The van der Waals surface area contributed by atoms with Gasteiger partial charge < -0.3 is 0 Å². The van der Waals surface area contributed by atoms with Crippen LogP contribution in [-0.4, -0.2) is 24.5 Å². The second-order valence-electron chi connectivity index (χ2n) is 6.21. The van der Waals surface area contributed by atoms with Gasteiger partial charge in [0, 0.05) is 11.1 Å². The number of amides is 1. The highest BCUT2D eigenvalue weighted by atomic mass is 35.5. The molecule has 0 saturated carbocycles. The van der Waals surface area contributed by atoms with Crippen LogP contribution in [0.1, 0.15) is 34.5 Å². The first-order valence-electron chi connectivity index (χ1n) is 8.34. The topological polar surface area (TPSA) is 101 Å². The van der Waals surface area contributed by atoms with Crippen LogP contribution >= 0.6 is 34.5 Å². The van der Waals surface area contributed by atoms with E-state index in [0.717, 1.165) is 22.5 Å². The van der Waals surface area contributed by atoms with Crippen LogP contribution in [0.3, 0.4) is 0 Å². The second-order valence-corrected chi connectivity index (χ2v) is 9.91. The molecule has 1 unspecified atom stereocenters. The number of carbonyl (C=O) groups excluding carboxylic acids is 1. The quantitative estimate of drug-likeness (QED) is 0.518. The van der Waals surface area contributed by atoms with Crippen LogP contribution in [0.15, 0.2) is 46.8 Å². The Balaban J connectivity index is 1.72. The molecule has 2 aromatic carbocycles. The highest BCUT2D eigenvalue weighted by Crippen LogP contribution is 2.25. The molecule has 0 aliphatic carbocycles. The predicted octanol–water partition coefficient (Wildman–Crippen LogP) is 4.45. The maximum absolute atomic E-state index is 12.6. The lowest BCUT2D eigenvalue weighted by atomic mass is 10.1. The first-order chi connectivity index (χ1) is 13.7. The average Bonchev–Trinajstić information content (AvgIpc) is 3.11. The molecule has 0 aliphatic heterocycles. The van der Waals surface area contributed by atoms with Crippen molar-refractivity contribution in [3.63, 3.8) is 0 Å². The van der Waals surface area contributed by atoms with Crippen molar-refractivity contribution in [2.75, 3.05) is 5.32 Å². The summed E-state index contributed by atoms with van der Waals surface area (Å²) in [5.74, 6) is -0.548. The van der Waals surface area contributed by atoms with Crippen LogP contribution in [0.25, 0.3) is 0 Å². The molecular weight excluding hydrogens is 455 g/mol. The number of hydrogen-bond acceptors (Lipinski definition) is 6. The van der Waals surface area contributed by atoms with Gasteiger partial charge in [-0.05, 0) is 37.6 Å². The molecule has 0 aliphatic rings. The lowest BCUT2D eigenvalue weighted by Gasteiger charge is -2.13. The first-order valence-corrected chi connectivity index (χ1v) is 11.4. The summed E-state index contributed by atoms with van der Waals surface area (Å²) in [5.41, 5.74) is 2.07. The maximum atomic E-state index is 12.6. The molecule has 0 radical (unpaired) electrons. The van der Waals surface area contributed by atoms with Gasteiger partial charge in [0.25, 0.3) is 15.9 Å². The van der Waals surface area contributed by atoms with Crippen molar-refractivity contribution in [2.24, 2.45) is 0 Å². The van der Waals surface area contributed by atoms with Crippen LogP contribution in [0.4, 0.5) is 5.13 Å². The van der Waals surface area contributed by atoms with Gasteiger partial charge in [0.15, 0.2) is 0 Å². The van der Waals surface area contributed by atoms with Crippen LogP contribution in [0.5, 0.6) is 0 Å². The molecule has 7 nitrogen and oxygen atoms in total. The molecule has 1 heterocycles. The molecule has 3 rings (SSSR count). The van der Waals surface area contributed by atoms with E-state index in [1.807, 2.05) is 31.2 Å². The molecule has 1 aromatic heterocycles. The number of nitrogens with one attached hydrogen (secondary N) is 2. The third kappa shape index (κ3) is 5.31. The van der Waals surface area contributed by atoms with Gasteiger partial charge in [0.05, 0.1) is 10.6 Å². The number of sulfonamides is 1. The average molecular weight is 471 g/mol. The van der Waals surface area contributed by atoms with Crippen molar-refractivity contribution >= 4 is 55.6 Å². The van der Waals surface area contributed by atoms with E-state index < -0.39 is 22.0 Å². The lowest BCUT2D eigenvalue weighted by Crippen LogP contribution is -2.26. The summed E-state index contributed by atoms with van der Waals surface area (Å²) in [7, 11) is -3.91. The Hall–Kier alpha value is -2.04. The summed E-state index contributed by atoms with van der Waals surface area (Å²) in [5, 5.41) is 10.5. The Bertz CT molecular complexity index is 1150. The molecule has 0 fully saturated rings. The Labute approximate surface area is 182 Å². The normalized spacial score (nSPS) is 12.6. The number of anilines is 1. The van der Waals surface area contributed by atoms with E-state index in [9.17, 15) is 13.2 Å². The minimum Gasteiger partial charge on any atom is -0.296 e. The fraction of sp³-hybridized carbons (Fsp3) is 0.167. The monoisotopic (exact) mass is 470 g/mol. The molecule has 1 amide bonds. The number of halogens is 2. The molecule has 0 saturated heterocycles. The number of rotatable bonds is 6. The van der Waals surface area contributed by atoms with E-state index >= 15 is 0 Å². The highest BCUT2D eigenvalue weighted by molar-refractivity contribution is 7.91. The first kappa shape index (κ1) is 21.7. The zero-order valence-electron chi connectivity index (χ0n) is 15.3. The minimum atomic E-state index is -3.91. The standard InChI is InChI=1S/C18H16Cl2N4O3S2/c1-10-3-5-12(6-4-10)11(2)24-29(26,27)18-23-22-17(28-18)21-16(25)14-8-7-13(19)9-15(14)20/h3-9,11,24H,1-2H3,(H,21,22,25). The second kappa shape index (κ2) is 8.76. The summed E-state index contributed by atoms with van der Waals surface area (Å²) < 4.78 is 27.5. The van der Waals surface area contributed by atoms with Crippen LogP contribution in [-0.2, 0) is 10.0 Å². The molecule has 152 valence electrons. The van der Waals surface area contributed by atoms with E-state index in [4.69, 9.17) is 23.2 Å². The summed E-state index contributed by atoms with van der Waals surface area (Å²) in [4.78, 5) is 12.3. The van der Waals surface area contributed by atoms with E-state index in [1.54, 1.807) is 6.92 Å². The third-order valence-corrected chi connectivity index (χ3v) is 7.24. The van der Waals surface area contributed by atoms with E-state index in [-0.39, 0.29) is 20.1 Å². The molecule has 3 aromatic rings. The number of aryl methyl sites for hydroxylation is 1. The number of benzene rings is 2. The Kier molecular flexibility index (Phi) is 6.55. The van der Waals surface area contributed by atoms with Crippen molar-refractivity contribution in [3.8, 4) is 0 Å². The zero-order valence-corrected chi connectivity index (χ0v) is 18.5. The van der Waals surface area contributed by atoms with Crippen molar-refractivity contribution in [1.82, 2.24) is 14.9 Å². The summed E-state index contributed by atoms with van der Waals surface area (Å²) in [6.45, 7) is 3.68. The van der Waals surface area contributed by atoms with E-state index in [1.165, 1.54) is 18.2 Å². The number of carbonyl (C=O) groups is 1. The largest absolute Gasteiger partial charge is 0.296 e. The molecule has 2 N–H and O–H groups in total. The summed E-state index contributed by atoms with van der Waals surface area (Å²) >= 11 is 12.6. The molecule has 0 bridgehead atoms. The van der Waals surface area contributed by atoms with Gasteiger partial charge in [0.1, 0.15) is 0 Å². The molecular formula is C18H16Cl2N4O3S2. The lowest BCUT2D eigenvalue weighted by molar-refractivity contribution is 0.102. The van der Waals surface area contributed by atoms with Crippen molar-refractivity contribution in [2.45, 2.75) is 24.2 Å². The number of hydrogen-bond donors (Lipinski definition) is 2. The van der Waals surface area contributed by atoms with Crippen LogP contribution in [0, 0.1) is 6.92 Å². The van der Waals surface area contributed by atoms with Gasteiger partial charge in [-0.1, -0.05) is 64.4 Å². The van der Waals surface area contributed by atoms with Gasteiger partial charge >= 0.3 is 0 Å². The van der Waals surface area contributed by atoms with Gasteiger partial charge in [-0.15, -0.1) is 10.2 Å². The van der Waals surface area contributed by atoms with Gasteiger partial charge in [-0.25, -0.2) is 13.1 Å². The Morgan fingerprint density at radius 2 is 1.79 bits per heavy atom. The van der Waals surface area contributed by atoms with E-state index in [0.29, 0.717) is 5.02 Å². The van der Waals surface area contributed by atoms with Crippen molar-refractivity contribution in [1.29, 1.82) is 0 Å². The molecule has 11 heteroatoms. The smallest absolute Gasteiger partial charge is 0.270 e. The third-order valence-electron chi connectivity index (χ3n) is 3.94. The van der Waals surface area contributed by atoms with Crippen molar-refractivity contribution < 1.29 is 13.2 Å². The fourth-order valence-corrected chi connectivity index (χ4v) is 5.05. The van der Waals surface area contributed by atoms with Gasteiger partial charge in [0.2, 0.25) is 9.47 Å². The Morgan fingerprint density at radius 3 is 2.45 bits per heavy atom. The predicted molar refractivity (Wildman–Crippen MR) is 114 cm³/mol. The fourth-order valence-electron chi connectivity index (χ4n) is 2.41. The highest BCUT2D eigenvalue weighted by Gasteiger charge is 2.24. The zero-order chi connectivity index (χ0) is 21.2. The maximum Gasteiger partial charge on any atom is 0.270 e. The van der Waals surface area contributed by atoms with Crippen molar-refractivity contribution in [3.05, 3.63) is 69.2 Å². The number of nitrogens with zero attached hydrogens (tertiary/aromatic N) is 2. The SMILES string of the molecule is Cc1ccc(C(C)NS(=O)(=O)c2nnc(NC(=O)c3ccc(Cl)cc3Cl)s2)cc1. The molecule has 1 atom stereocenters. The Morgan fingerprint density at radius 1 is 1.10 bits per heavy atom. The number of aromatic nitrogens is 2. The van der Waals surface area contributed by atoms with Crippen LogP contribution < -0.4 is 10.0 Å². The molecule has 29 heavy (non-hydrogen) atoms. The minimum absolute atomic E-state index is 0.0318. The van der Waals surface area contributed by atoms with Gasteiger partial charge in [-0.3, -0.25) is 10.1 Å². The summed E-state index contributed by atoms with van der Waals surface area (Å²) in [6, 6.07) is 11.5.